The normalized spacial score (nSPS) is 17.3. The first-order valence-electron chi connectivity index (χ1n) is 13.6. The number of rotatable bonds is 9. The van der Waals surface area contributed by atoms with Crippen molar-refractivity contribution in [1.29, 1.82) is 0 Å². The number of piperidine rings is 1. The average molecular weight is 605 g/mol. The molecule has 3 aromatic carbocycles. The number of fused-ring (bicyclic) bond motifs is 1. The van der Waals surface area contributed by atoms with E-state index < -0.39 is 0 Å². The van der Waals surface area contributed by atoms with Gasteiger partial charge in [-0.15, -0.1) is 0 Å². The van der Waals surface area contributed by atoms with Gasteiger partial charge in [-0.1, -0.05) is 82.3 Å². The van der Waals surface area contributed by atoms with Gasteiger partial charge in [-0.2, -0.15) is 0 Å². The molecule has 2 aliphatic heterocycles. The van der Waals surface area contributed by atoms with Crippen molar-refractivity contribution in [2.45, 2.75) is 30.6 Å². The zero-order valence-corrected chi connectivity index (χ0v) is 24.4. The van der Waals surface area contributed by atoms with E-state index in [1.165, 1.54) is 36.6 Å². The Balaban J connectivity index is 1.10. The summed E-state index contributed by atoms with van der Waals surface area (Å²) in [5.74, 6) is 0.481. The van der Waals surface area contributed by atoms with Gasteiger partial charge in [0.15, 0.2) is 0 Å². The van der Waals surface area contributed by atoms with Crippen molar-refractivity contribution in [3.63, 3.8) is 0 Å². The van der Waals surface area contributed by atoms with Crippen LogP contribution in [0, 0.1) is 5.92 Å². The molecule has 39 heavy (non-hydrogen) atoms. The maximum atomic E-state index is 13.4. The van der Waals surface area contributed by atoms with Crippen molar-refractivity contribution in [3.05, 3.63) is 99.4 Å². The van der Waals surface area contributed by atoms with Crippen molar-refractivity contribution in [2.75, 3.05) is 37.6 Å². The van der Waals surface area contributed by atoms with Crippen LogP contribution in [0.15, 0.2) is 93.1 Å². The van der Waals surface area contributed by atoms with Crippen LogP contribution in [0.1, 0.15) is 30.4 Å². The summed E-state index contributed by atoms with van der Waals surface area (Å²) < 4.78 is 0.957. The van der Waals surface area contributed by atoms with Crippen LogP contribution in [0.3, 0.4) is 0 Å². The van der Waals surface area contributed by atoms with E-state index in [1.807, 2.05) is 54.6 Å². The number of carbonyl (C=O) groups is 2. The van der Waals surface area contributed by atoms with Crippen LogP contribution in [-0.2, 0) is 16.0 Å². The van der Waals surface area contributed by atoms with Crippen LogP contribution < -0.4 is 10.2 Å². The molecule has 0 unspecified atom stereocenters. The van der Waals surface area contributed by atoms with Crippen molar-refractivity contribution in [3.8, 4) is 0 Å². The molecule has 0 bridgehead atoms. The molecule has 7 heteroatoms. The minimum absolute atomic E-state index is 0.0110. The molecule has 1 N–H and O–H groups in total. The molecule has 3 aromatic rings. The van der Waals surface area contributed by atoms with E-state index >= 15 is 0 Å². The molecular formula is C32H34BrN3O2S. The van der Waals surface area contributed by atoms with Crippen molar-refractivity contribution < 1.29 is 9.59 Å². The summed E-state index contributed by atoms with van der Waals surface area (Å²) in [6.45, 7) is 3.85. The lowest BCUT2D eigenvalue weighted by Crippen LogP contribution is -2.43. The topological polar surface area (TPSA) is 52.7 Å². The van der Waals surface area contributed by atoms with Gasteiger partial charge in [0.2, 0.25) is 5.91 Å². The number of hydrogen-bond acceptors (Lipinski definition) is 4. The van der Waals surface area contributed by atoms with Crippen LogP contribution in [0.4, 0.5) is 5.69 Å². The minimum atomic E-state index is -0.146. The Hall–Kier alpha value is -2.87. The van der Waals surface area contributed by atoms with Crippen LogP contribution in [0.5, 0.6) is 0 Å². The zero-order valence-electron chi connectivity index (χ0n) is 22.0. The molecule has 5 nitrogen and oxygen atoms in total. The number of anilines is 1. The predicted octanol–water partition coefficient (Wildman–Crippen LogP) is 6.39. The Morgan fingerprint density at radius 3 is 2.56 bits per heavy atom. The number of amides is 2. The number of hydrogen-bond donors (Lipinski definition) is 1. The fraction of sp³-hybridized carbons (Fsp3) is 0.312. The lowest BCUT2D eigenvalue weighted by atomic mass is 9.90. The van der Waals surface area contributed by atoms with Gasteiger partial charge in [-0.3, -0.25) is 14.5 Å². The highest BCUT2D eigenvalue weighted by Crippen LogP contribution is 2.42. The Morgan fingerprint density at radius 1 is 1.00 bits per heavy atom. The SMILES string of the molecule is O=C(CN1C(=O)/C(=C\c2cccc(Br)c2)Sc2ccccc21)NCCCN1CCC(Cc2ccccc2)CC1. The molecule has 0 atom stereocenters. The number of nitrogens with zero attached hydrogens (tertiary/aromatic N) is 2. The molecule has 2 heterocycles. The van der Waals surface area contributed by atoms with E-state index in [4.69, 9.17) is 0 Å². The maximum Gasteiger partial charge on any atom is 0.265 e. The van der Waals surface area contributed by atoms with E-state index in [0.717, 1.165) is 52.6 Å². The summed E-state index contributed by atoms with van der Waals surface area (Å²) in [6.07, 6.45) is 6.42. The van der Waals surface area contributed by atoms with Crippen LogP contribution in [0.2, 0.25) is 0 Å². The Bertz CT molecular complexity index is 1320. The number of nitrogens with one attached hydrogen (secondary N) is 1. The molecule has 0 saturated carbocycles. The average Bonchev–Trinajstić information content (AvgIpc) is 2.95. The number of halogens is 1. The molecule has 1 saturated heterocycles. The summed E-state index contributed by atoms with van der Waals surface area (Å²) >= 11 is 4.95. The summed E-state index contributed by atoms with van der Waals surface area (Å²) in [5, 5.41) is 3.04. The van der Waals surface area contributed by atoms with Gasteiger partial charge in [0.25, 0.3) is 5.91 Å². The lowest BCUT2D eigenvalue weighted by molar-refractivity contribution is -0.122. The lowest BCUT2D eigenvalue weighted by Gasteiger charge is -2.32. The van der Waals surface area contributed by atoms with E-state index in [9.17, 15) is 9.59 Å². The fourth-order valence-electron chi connectivity index (χ4n) is 5.26. The van der Waals surface area contributed by atoms with Gasteiger partial charge in [-0.05, 0) is 92.7 Å². The highest BCUT2D eigenvalue weighted by Gasteiger charge is 2.30. The summed E-state index contributed by atoms with van der Waals surface area (Å²) in [7, 11) is 0. The molecule has 5 rings (SSSR count). The van der Waals surface area contributed by atoms with Crippen molar-refractivity contribution in [1.82, 2.24) is 10.2 Å². The molecule has 2 amide bonds. The third kappa shape index (κ3) is 7.62. The highest BCUT2D eigenvalue weighted by molar-refractivity contribution is 9.10. The van der Waals surface area contributed by atoms with E-state index in [0.29, 0.717) is 11.4 Å². The van der Waals surface area contributed by atoms with E-state index in [1.54, 1.807) is 4.90 Å². The van der Waals surface area contributed by atoms with Gasteiger partial charge in [0.05, 0.1) is 10.6 Å². The highest BCUT2D eigenvalue weighted by atomic mass is 79.9. The maximum absolute atomic E-state index is 13.4. The largest absolute Gasteiger partial charge is 0.355 e. The first-order chi connectivity index (χ1) is 19.0. The van der Waals surface area contributed by atoms with E-state index in [-0.39, 0.29) is 18.4 Å². The smallest absolute Gasteiger partial charge is 0.265 e. The number of carbonyl (C=O) groups excluding carboxylic acids is 2. The molecule has 1 fully saturated rings. The second kappa shape index (κ2) is 13.5. The zero-order chi connectivity index (χ0) is 27.0. The molecule has 2 aliphatic rings. The number of thioether (sulfide) groups is 1. The standard InChI is InChI=1S/C32H34BrN3O2S/c33-27-11-6-10-26(21-27)22-30-32(38)36(28-12-4-5-13-29(28)39-30)23-31(37)34-16-7-17-35-18-14-25(15-19-35)20-24-8-2-1-3-9-24/h1-6,8-13,21-22,25H,7,14-20,23H2,(H,34,37)/b30-22+. The second-order valence-electron chi connectivity index (χ2n) is 10.2. The number of likely N-dealkylation sites (tertiary alicyclic amines) is 1. The Labute approximate surface area is 243 Å². The van der Waals surface area contributed by atoms with E-state index in [2.05, 4.69) is 56.5 Å². The molecule has 0 aliphatic carbocycles. The number of benzene rings is 3. The summed E-state index contributed by atoms with van der Waals surface area (Å²) in [4.78, 5) is 32.0. The quantitative estimate of drug-likeness (QED) is 0.227. The van der Waals surface area contributed by atoms with Gasteiger partial charge >= 0.3 is 0 Å². The van der Waals surface area contributed by atoms with Gasteiger partial charge in [0, 0.05) is 15.9 Å². The van der Waals surface area contributed by atoms with Gasteiger partial charge in [-0.25, -0.2) is 0 Å². The number of para-hydroxylation sites is 1. The summed E-state index contributed by atoms with van der Waals surface area (Å²) in [5.41, 5.74) is 3.16. The van der Waals surface area contributed by atoms with Gasteiger partial charge in [0.1, 0.15) is 6.54 Å². The minimum Gasteiger partial charge on any atom is -0.355 e. The first-order valence-corrected chi connectivity index (χ1v) is 15.2. The van der Waals surface area contributed by atoms with Crippen LogP contribution in [-0.4, -0.2) is 49.4 Å². The first kappa shape index (κ1) is 27.7. The second-order valence-corrected chi connectivity index (χ2v) is 12.2. The fourth-order valence-corrected chi connectivity index (χ4v) is 6.73. The monoisotopic (exact) mass is 603 g/mol. The molecule has 0 radical (unpaired) electrons. The molecule has 202 valence electrons. The predicted molar refractivity (Wildman–Crippen MR) is 164 cm³/mol. The van der Waals surface area contributed by atoms with Crippen molar-refractivity contribution >= 4 is 51.3 Å². The third-order valence-corrected chi connectivity index (χ3v) is 8.90. The summed E-state index contributed by atoms with van der Waals surface area (Å²) in [6, 6.07) is 26.4. The van der Waals surface area contributed by atoms with Gasteiger partial charge < -0.3 is 10.2 Å². The molecule has 0 spiro atoms. The Morgan fingerprint density at radius 2 is 1.77 bits per heavy atom. The van der Waals surface area contributed by atoms with Crippen LogP contribution in [0.25, 0.3) is 6.08 Å². The van der Waals surface area contributed by atoms with Crippen LogP contribution >= 0.6 is 27.7 Å². The molecule has 0 aromatic heterocycles. The molecular weight excluding hydrogens is 570 g/mol. The van der Waals surface area contributed by atoms with Crippen molar-refractivity contribution in [2.24, 2.45) is 5.92 Å². The Kier molecular flexibility index (Phi) is 9.56. The third-order valence-electron chi connectivity index (χ3n) is 7.33.